The van der Waals surface area contributed by atoms with Crippen LogP contribution in [0.25, 0.3) is 0 Å². The number of piperidine rings is 1. The first-order chi connectivity index (χ1) is 10.7. The molecule has 0 unspecified atom stereocenters. The van der Waals surface area contributed by atoms with E-state index in [1.165, 1.54) is 11.9 Å². The van der Waals surface area contributed by atoms with Crippen molar-refractivity contribution in [1.82, 2.24) is 14.9 Å². The van der Waals surface area contributed by atoms with E-state index in [9.17, 15) is 4.79 Å². The minimum atomic E-state index is 0.0660. The van der Waals surface area contributed by atoms with Crippen molar-refractivity contribution >= 4 is 5.91 Å². The zero-order valence-electron chi connectivity index (χ0n) is 12.9. The molecule has 2 heterocycles. The van der Waals surface area contributed by atoms with Gasteiger partial charge in [0.25, 0.3) is 5.91 Å². The maximum atomic E-state index is 12.5. The van der Waals surface area contributed by atoms with Gasteiger partial charge in [0.1, 0.15) is 6.33 Å². The number of hydrogen-bond acceptors (Lipinski definition) is 3. The molecule has 2 aromatic rings. The largest absolute Gasteiger partial charge is 0.339 e. The Morgan fingerprint density at radius 1 is 1.23 bits per heavy atom. The molecule has 4 heteroatoms. The molecule has 1 aliphatic heterocycles. The molecule has 1 aromatic heterocycles. The highest BCUT2D eigenvalue weighted by molar-refractivity contribution is 5.94. The van der Waals surface area contributed by atoms with E-state index in [0.717, 1.165) is 38.0 Å². The summed E-state index contributed by atoms with van der Waals surface area (Å²) in [6.45, 7) is 3.51. The zero-order valence-corrected chi connectivity index (χ0v) is 12.9. The topological polar surface area (TPSA) is 46.1 Å². The van der Waals surface area contributed by atoms with Crippen molar-refractivity contribution in [2.75, 3.05) is 13.1 Å². The summed E-state index contributed by atoms with van der Waals surface area (Å²) < 4.78 is 0. The molecular formula is C18H21N3O. The number of carbonyl (C=O) groups excluding carboxylic acids is 1. The van der Waals surface area contributed by atoms with Crippen molar-refractivity contribution in [3.8, 4) is 0 Å². The minimum Gasteiger partial charge on any atom is -0.339 e. The molecule has 0 bridgehead atoms. The molecular weight excluding hydrogens is 274 g/mol. The number of rotatable bonds is 3. The fourth-order valence-electron chi connectivity index (χ4n) is 3.06. The summed E-state index contributed by atoms with van der Waals surface area (Å²) in [5, 5.41) is 0. The summed E-state index contributed by atoms with van der Waals surface area (Å²) in [6.07, 6.45) is 6.34. The maximum Gasteiger partial charge on any atom is 0.257 e. The fraction of sp³-hybridized carbons (Fsp3) is 0.389. The van der Waals surface area contributed by atoms with Crippen LogP contribution in [0.2, 0.25) is 0 Å². The number of aromatic nitrogens is 2. The summed E-state index contributed by atoms with van der Waals surface area (Å²) in [7, 11) is 0. The van der Waals surface area contributed by atoms with Gasteiger partial charge in [0.15, 0.2) is 0 Å². The molecule has 22 heavy (non-hydrogen) atoms. The lowest BCUT2D eigenvalue weighted by atomic mass is 9.90. The summed E-state index contributed by atoms with van der Waals surface area (Å²) in [6, 6.07) is 10.6. The van der Waals surface area contributed by atoms with E-state index in [4.69, 9.17) is 0 Å². The Kier molecular flexibility index (Phi) is 4.47. The Morgan fingerprint density at radius 3 is 2.64 bits per heavy atom. The summed E-state index contributed by atoms with van der Waals surface area (Å²) in [5.74, 6) is 0.732. The second kappa shape index (κ2) is 6.69. The Hall–Kier alpha value is -2.23. The van der Waals surface area contributed by atoms with Gasteiger partial charge in [0, 0.05) is 19.3 Å². The predicted molar refractivity (Wildman–Crippen MR) is 85.5 cm³/mol. The van der Waals surface area contributed by atoms with Crippen LogP contribution in [0.4, 0.5) is 0 Å². The fourth-order valence-corrected chi connectivity index (χ4v) is 3.06. The van der Waals surface area contributed by atoms with Gasteiger partial charge in [0.2, 0.25) is 0 Å². The lowest BCUT2D eigenvalue weighted by Crippen LogP contribution is -2.39. The number of aryl methyl sites for hydroxylation is 1. The number of carbonyl (C=O) groups is 1. The summed E-state index contributed by atoms with van der Waals surface area (Å²) in [4.78, 5) is 22.5. The molecule has 1 saturated heterocycles. The highest BCUT2D eigenvalue weighted by Gasteiger charge is 2.24. The van der Waals surface area contributed by atoms with Crippen molar-refractivity contribution in [2.45, 2.75) is 26.2 Å². The van der Waals surface area contributed by atoms with Crippen LogP contribution < -0.4 is 0 Å². The highest BCUT2D eigenvalue weighted by Crippen LogP contribution is 2.23. The molecule has 4 nitrogen and oxygen atoms in total. The van der Waals surface area contributed by atoms with Gasteiger partial charge in [0.05, 0.1) is 11.3 Å². The van der Waals surface area contributed by atoms with Gasteiger partial charge in [-0.3, -0.25) is 4.79 Å². The van der Waals surface area contributed by atoms with Crippen molar-refractivity contribution in [2.24, 2.45) is 5.92 Å². The monoisotopic (exact) mass is 295 g/mol. The Labute approximate surface area is 131 Å². The molecule has 1 fully saturated rings. The van der Waals surface area contributed by atoms with Gasteiger partial charge in [-0.2, -0.15) is 0 Å². The maximum absolute atomic E-state index is 12.5. The van der Waals surface area contributed by atoms with E-state index in [1.807, 2.05) is 11.8 Å². The smallest absolute Gasteiger partial charge is 0.257 e. The Bertz CT molecular complexity index is 634. The molecule has 3 rings (SSSR count). The number of benzene rings is 1. The molecule has 1 aliphatic rings. The predicted octanol–water partition coefficient (Wildman–Crippen LogP) is 2.88. The lowest BCUT2D eigenvalue weighted by molar-refractivity contribution is 0.0689. The number of likely N-dealkylation sites (tertiary alicyclic amines) is 1. The summed E-state index contributed by atoms with van der Waals surface area (Å²) >= 11 is 0. The van der Waals surface area contributed by atoms with Gasteiger partial charge in [-0.1, -0.05) is 30.3 Å². The normalized spacial score (nSPS) is 15.8. The Balaban J connectivity index is 1.58. The minimum absolute atomic E-state index is 0.0660. The van der Waals surface area contributed by atoms with E-state index in [2.05, 4.69) is 40.3 Å². The van der Waals surface area contributed by atoms with E-state index in [1.54, 1.807) is 6.20 Å². The molecule has 0 atom stereocenters. The average Bonchev–Trinajstić information content (AvgIpc) is 2.56. The third-order valence-electron chi connectivity index (χ3n) is 4.41. The van der Waals surface area contributed by atoms with Crippen LogP contribution in [0, 0.1) is 12.8 Å². The SMILES string of the molecule is Cc1ncncc1C(=O)N1CCC(Cc2ccccc2)CC1. The van der Waals surface area contributed by atoms with Crippen LogP contribution in [0.5, 0.6) is 0 Å². The van der Waals surface area contributed by atoms with Gasteiger partial charge < -0.3 is 4.90 Å². The second-order valence-corrected chi connectivity index (χ2v) is 5.95. The van der Waals surface area contributed by atoms with Crippen LogP contribution in [0.15, 0.2) is 42.9 Å². The zero-order chi connectivity index (χ0) is 15.4. The molecule has 1 aromatic carbocycles. The first kappa shape index (κ1) is 14.7. The molecule has 0 radical (unpaired) electrons. The van der Waals surface area contributed by atoms with Crippen molar-refractivity contribution in [3.05, 3.63) is 59.7 Å². The van der Waals surface area contributed by atoms with Gasteiger partial charge >= 0.3 is 0 Å². The number of hydrogen-bond donors (Lipinski definition) is 0. The molecule has 0 aliphatic carbocycles. The van der Waals surface area contributed by atoms with E-state index in [0.29, 0.717) is 11.5 Å². The molecule has 0 saturated carbocycles. The molecule has 1 amide bonds. The van der Waals surface area contributed by atoms with Gasteiger partial charge in [-0.25, -0.2) is 9.97 Å². The average molecular weight is 295 g/mol. The van der Waals surface area contributed by atoms with Crippen LogP contribution in [0.3, 0.4) is 0 Å². The number of amides is 1. The standard InChI is InChI=1S/C18H21N3O/c1-14-17(12-19-13-20-14)18(22)21-9-7-16(8-10-21)11-15-5-3-2-4-6-15/h2-6,12-13,16H,7-11H2,1H3. The van der Waals surface area contributed by atoms with Crippen LogP contribution in [0.1, 0.15) is 34.5 Å². The van der Waals surface area contributed by atoms with Gasteiger partial charge in [-0.05, 0) is 37.7 Å². The molecule has 0 spiro atoms. The molecule has 0 N–H and O–H groups in total. The lowest BCUT2D eigenvalue weighted by Gasteiger charge is -2.32. The third kappa shape index (κ3) is 3.32. The van der Waals surface area contributed by atoms with Crippen molar-refractivity contribution in [1.29, 1.82) is 0 Å². The summed E-state index contributed by atoms with van der Waals surface area (Å²) in [5.41, 5.74) is 2.77. The van der Waals surface area contributed by atoms with E-state index in [-0.39, 0.29) is 5.91 Å². The molecule has 114 valence electrons. The van der Waals surface area contributed by atoms with Crippen molar-refractivity contribution in [3.63, 3.8) is 0 Å². The number of nitrogens with zero attached hydrogens (tertiary/aromatic N) is 3. The van der Waals surface area contributed by atoms with E-state index >= 15 is 0 Å². The van der Waals surface area contributed by atoms with Crippen LogP contribution in [-0.2, 0) is 6.42 Å². The Morgan fingerprint density at radius 2 is 1.95 bits per heavy atom. The first-order valence-corrected chi connectivity index (χ1v) is 7.84. The highest BCUT2D eigenvalue weighted by atomic mass is 16.2. The van der Waals surface area contributed by atoms with E-state index < -0.39 is 0 Å². The van der Waals surface area contributed by atoms with Gasteiger partial charge in [-0.15, -0.1) is 0 Å². The van der Waals surface area contributed by atoms with Crippen LogP contribution >= 0.6 is 0 Å². The van der Waals surface area contributed by atoms with Crippen molar-refractivity contribution < 1.29 is 4.79 Å². The second-order valence-electron chi connectivity index (χ2n) is 5.95. The first-order valence-electron chi connectivity index (χ1n) is 7.84. The van der Waals surface area contributed by atoms with Crippen LogP contribution in [-0.4, -0.2) is 33.9 Å². The quantitative estimate of drug-likeness (QED) is 0.874. The third-order valence-corrected chi connectivity index (χ3v) is 4.41.